The van der Waals surface area contributed by atoms with E-state index in [0.717, 1.165) is 77.9 Å². The third-order valence-corrected chi connectivity index (χ3v) is 29.5. The fourth-order valence-electron chi connectivity index (χ4n) is 13.7. The van der Waals surface area contributed by atoms with Gasteiger partial charge in [-0.1, -0.05) is 408 Å². The molecule has 0 saturated carbocycles. The molecule has 0 aromatic heterocycles. The molecule has 10 rings (SSSR count). The Hall–Kier alpha value is -5.76. The van der Waals surface area contributed by atoms with Crippen LogP contribution >= 0.6 is 0 Å². The summed E-state index contributed by atoms with van der Waals surface area (Å²) >= 11 is 0. The molecule has 0 unspecified atom stereocenters. The van der Waals surface area contributed by atoms with Crippen molar-refractivity contribution in [1.82, 2.24) is 9.80 Å². The number of ether oxygens (including phenoxy) is 2. The zero-order chi connectivity index (χ0) is 81.5. The van der Waals surface area contributed by atoms with Crippen LogP contribution in [0.25, 0.3) is 9.30 Å². The summed E-state index contributed by atoms with van der Waals surface area (Å²) in [5.74, 6) is 0.226. The van der Waals surface area contributed by atoms with E-state index >= 15 is 0 Å². The first-order chi connectivity index (χ1) is 51.9. The third kappa shape index (κ3) is 32.0. The van der Waals surface area contributed by atoms with Crippen molar-refractivity contribution in [2.45, 2.75) is 197 Å². The maximum Gasteiger partial charge on any atom is 3.00 e. The van der Waals surface area contributed by atoms with Gasteiger partial charge in [-0.3, -0.25) is 9.80 Å². The number of aryl methyl sites for hydroxylation is 6. The molecule has 0 aliphatic heterocycles. The van der Waals surface area contributed by atoms with Gasteiger partial charge in [-0.15, -0.1) is 23.0 Å². The minimum absolute atomic E-state index is 0. The van der Waals surface area contributed by atoms with Gasteiger partial charge < -0.3 is 39.2 Å². The fourth-order valence-corrected chi connectivity index (χ4v) is 23.3. The number of nitrogens with zero attached hydrogens (tertiary/aromatic N) is 4. The smallest absolute Gasteiger partial charge is 0.872 e. The second-order valence-corrected chi connectivity index (χ2v) is 43.7. The van der Waals surface area contributed by atoms with E-state index in [1.807, 2.05) is 137 Å². The summed E-state index contributed by atoms with van der Waals surface area (Å²) in [4.78, 5) is 4.32. The van der Waals surface area contributed by atoms with Gasteiger partial charge in [0.25, 0.3) is 0 Å². The Labute approximate surface area is 734 Å². The van der Waals surface area contributed by atoms with Gasteiger partial charge >= 0.3 is 65.4 Å². The summed E-state index contributed by atoms with van der Waals surface area (Å²) in [6.45, 7) is 51.4. The second-order valence-electron chi connectivity index (χ2n) is 32.5. The molecule has 0 saturated heterocycles. The van der Waals surface area contributed by atoms with Gasteiger partial charge in [0, 0.05) is 75.1 Å². The molecule has 0 spiro atoms. The van der Waals surface area contributed by atoms with Crippen LogP contribution in [0.3, 0.4) is 0 Å². The van der Waals surface area contributed by atoms with Crippen molar-refractivity contribution in [3.05, 3.63) is 340 Å². The van der Waals surface area contributed by atoms with Crippen molar-refractivity contribution in [3.8, 4) is 23.0 Å². The number of hydrogen-bond acceptors (Lipinski definition) is 8. The number of benzene rings is 10. The molecule has 16 heteroatoms. The molecular formula is C96H130N4O6Si4Y2. The number of rotatable bonds is 26. The Morgan fingerprint density at radius 3 is 0.741 bits per heavy atom. The van der Waals surface area contributed by atoms with E-state index in [1.54, 1.807) is 14.2 Å². The van der Waals surface area contributed by atoms with Crippen LogP contribution in [0.2, 0.25) is 52.4 Å². The van der Waals surface area contributed by atoms with Crippen LogP contribution in [-0.4, -0.2) is 86.2 Å². The van der Waals surface area contributed by atoms with Crippen molar-refractivity contribution < 1.29 is 95.3 Å². The summed E-state index contributed by atoms with van der Waals surface area (Å²) in [5.41, 5.74) is 15.9. The van der Waals surface area contributed by atoms with Gasteiger partial charge in [-0.05, 0) is 108 Å². The minimum atomic E-state index is -0.542. The molecule has 0 aliphatic rings. The van der Waals surface area contributed by atoms with E-state index in [4.69, 9.17) is 9.47 Å². The van der Waals surface area contributed by atoms with Gasteiger partial charge in [-0.25, -0.2) is 0 Å². The van der Waals surface area contributed by atoms with E-state index in [0.29, 0.717) is 52.5 Å². The zero-order valence-electron chi connectivity index (χ0n) is 72.3. The fraction of sp³-hybridized carbons (Fsp3) is 0.375. The van der Waals surface area contributed by atoms with Crippen molar-refractivity contribution >= 4 is 35.8 Å². The molecule has 0 fully saturated rings. The summed E-state index contributed by atoms with van der Waals surface area (Å²) in [5, 5.41) is 54.7. The van der Waals surface area contributed by atoms with Crippen LogP contribution < -0.4 is 20.4 Å². The predicted molar refractivity (Wildman–Crippen MR) is 473 cm³/mol. The summed E-state index contributed by atoms with van der Waals surface area (Å²) in [7, 11) is 1.19. The summed E-state index contributed by atoms with van der Waals surface area (Å²) in [6, 6.07) is 78.1. The molecular weight excluding hydrogens is 1600 g/mol. The molecule has 0 amide bonds. The Kier molecular flexibility index (Phi) is 44.2. The third-order valence-electron chi connectivity index (χ3n) is 20.0. The molecule has 10 aromatic carbocycles. The van der Waals surface area contributed by atoms with E-state index in [1.165, 1.54) is 22.3 Å². The molecule has 112 heavy (non-hydrogen) atoms. The first-order valence-electron chi connectivity index (χ1n) is 39.3. The number of hydrogen-bond donors (Lipinski definition) is 0. The van der Waals surface area contributed by atoms with E-state index in [9.17, 15) is 20.4 Å². The average Bonchev–Trinajstić information content (AvgIpc) is 0.761. The molecule has 0 aliphatic carbocycles. The topological polar surface area (TPSA) is 145 Å². The van der Waals surface area contributed by atoms with Crippen molar-refractivity contribution in [1.29, 1.82) is 0 Å². The molecule has 0 heterocycles. The average molecular weight is 1730 g/mol. The largest absolute Gasteiger partial charge is 3.00 e. The van der Waals surface area contributed by atoms with E-state index < -0.39 is 46.7 Å². The van der Waals surface area contributed by atoms with Crippen molar-refractivity contribution in [2.24, 2.45) is 0 Å². The molecule has 10 nitrogen and oxygen atoms in total. The van der Waals surface area contributed by atoms with Crippen LogP contribution in [0.5, 0.6) is 23.0 Å². The maximum absolute atomic E-state index is 14.3. The van der Waals surface area contributed by atoms with Crippen molar-refractivity contribution in [3.63, 3.8) is 0 Å². The van der Waals surface area contributed by atoms with Gasteiger partial charge in [0.2, 0.25) is 0 Å². The Bertz CT molecular complexity index is 4040. The molecule has 10 aromatic rings. The normalized spacial score (nSPS) is 11.4. The summed E-state index contributed by atoms with van der Waals surface area (Å²) in [6.07, 6.45) is 0. The maximum atomic E-state index is 14.3. The van der Waals surface area contributed by atoms with Crippen molar-refractivity contribution in [2.75, 3.05) is 40.5 Å². The van der Waals surface area contributed by atoms with Crippen LogP contribution in [-0.2, 0) is 123 Å². The monoisotopic (exact) mass is 1720 g/mol. The zero-order valence-corrected chi connectivity index (χ0v) is 82.6. The van der Waals surface area contributed by atoms with Crippen LogP contribution in [0, 0.1) is 41.5 Å². The first kappa shape index (κ1) is 100. The van der Waals surface area contributed by atoms with Crippen LogP contribution in [0.15, 0.2) is 231 Å². The van der Waals surface area contributed by atoms with E-state index in [2.05, 4.69) is 262 Å². The molecule has 0 bridgehead atoms. The second kappa shape index (κ2) is 49.3. The van der Waals surface area contributed by atoms with Gasteiger partial charge in [0.05, 0.1) is 13.2 Å². The van der Waals surface area contributed by atoms with Gasteiger partial charge in [-0.2, -0.15) is 0 Å². The minimum Gasteiger partial charge on any atom is -0.872 e. The predicted octanol–water partition coefficient (Wildman–Crippen LogP) is 20.1. The SMILES string of the molecule is COCCN(Cc1cc(C)cc(C)c1[O-])Cc1cc(C(C)(C)c2ccccc2)cc(C(C)(C)c2ccccc2)c1[O-].COCCN(Cc1cc(C)cc(C)c1[O-])Cc1cc(C(C)(C)c2ccccc2)cc(C(C)(C)c2ccccc2)c1[O-].C[SiH](C)[N-][SiH](C)C.C[SiH](C)[N-][SiH](C)C.Cc1ccccc1.Cc1ccccc1.[Y+3].[Y+3]. The van der Waals surface area contributed by atoms with Gasteiger partial charge in [0.15, 0.2) is 0 Å². The molecule has 0 atom stereocenters. The molecule has 0 N–H and O–H groups in total. The first-order valence-corrected chi connectivity index (χ1v) is 50.6. The van der Waals surface area contributed by atoms with Crippen LogP contribution in [0.4, 0.5) is 0 Å². The standard InChI is InChI=1S/2C37H45NO3.2C7H8.2C4H14NSi2.2Y/c2*1-26-20-27(2)34(39)28(21-26)24-38(18-19-41-7)25-29-22-32(36(3,4)30-14-10-8-11-15-30)23-33(35(29)40)37(5,6)31-16-12-9-13-17-31;2*1-7-5-3-2-4-6-7;2*1-6(2)5-7(3)4;;/h2*8-17,20-23,39-40H,18-19,24-25H2,1-7H3;2*2-6H,1H3;2*6-7H,1-4H3;;/q;;;;2*-1;2*+3/p-4. The Morgan fingerprint density at radius 2 is 0.527 bits per heavy atom. The molecule has 592 valence electrons. The Balaban J connectivity index is 0.000000424. The van der Waals surface area contributed by atoms with Gasteiger partial charge in [0.1, 0.15) is 0 Å². The quantitative estimate of drug-likeness (QED) is 0.0487. The van der Waals surface area contributed by atoms with Crippen LogP contribution in [0.1, 0.15) is 156 Å². The summed E-state index contributed by atoms with van der Waals surface area (Å²) < 4.78 is 20.0. The molecule has 0 radical (unpaired) electrons. The number of methoxy groups -OCH3 is 2. The Morgan fingerprint density at radius 1 is 0.295 bits per heavy atom. The van der Waals surface area contributed by atoms with E-state index in [-0.39, 0.29) is 99.2 Å².